The van der Waals surface area contributed by atoms with Crippen LogP contribution < -0.4 is 5.32 Å². The number of fused-ring (bicyclic) bond motifs is 1. The first-order valence-electron chi connectivity index (χ1n) is 6.64. The maximum absolute atomic E-state index is 13.3. The number of hydrogen-bond donors (Lipinski definition) is 1. The van der Waals surface area contributed by atoms with Gasteiger partial charge < -0.3 is 5.32 Å². The van der Waals surface area contributed by atoms with E-state index in [4.69, 9.17) is 11.6 Å². The fraction of sp³-hybridized carbons (Fsp3) is 0.125. The number of carbonyl (C=O) groups excluding carboxylic acids is 1. The van der Waals surface area contributed by atoms with E-state index in [0.717, 1.165) is 5.56 Å². The summed E-state index contributed by atoms with van der Waals surface area (Å²) < 4.78 is 13.9. The Morgan fingerprint density at radius 1 is 1.41 bits per heavy atom. The molecule has 0 spiro atoms. The van der Waals surface area contributed by atoms with E-state index < -0.39 is 0 Å². The standard InChI is InChI=1S/C16H12ClFN2OS/c1-9(10-3-2-6-19-8-10)20-16(21)15-14(17)12-5-4-11(18)7-13(12)22-15/h2-9H,1H3,(H,20,21). The smallest absolute Gasteiger partial charge is 0.263 e. The molecule has 0 fully saturated rings. The van der Waals surface area contributed by atoms with Gasteiger partial charge in [-0.3, -0.25) is 9.78 Å². The number of amides is 1. The molecular formula is C16H12ClFN2OS. The second kappa shape index (κ2) is 6.02. The second-order valence-corrected chi connectivity index (χ2v) is 6.30. The molecule has 0 saturated heterocycles. The number of carbonyl (C=O) groups is 1. The van der Waals surface area contributed by atoms with E-state index in [0.29, 0.717) is 20.0 Å². The molecule has 1 unspecified atom stereocenters. The van der Waals surface area contributed by atoms with Gasteiger partial charge in [-0.1, -0.05) is 17.7 Å². The zero-order valence-electron chi connectivity index (χ0n) is 11.6. The quantitative estimate of drug-likeness (QED) is 0.761. The highest BCUT2D eigenvalue weighted by atomic mass is 35.5. The van der Waals surface area contributed by atoms with Crippen LogP contribution in [0.3, 0.4) is 0 Å². The van der Waals surface area contributed by atoms with Crippen LogP contribution in [0.4, 0.5) is 4.39 Å². The minimum atomic E-state index is -0.346. The molecule has 3 rings (SSSR count). The SMILES string of the molecule is CC(NC(=O)c1sc2cc(F)ccc2c1Cl)c1cccnc1. The third-order valence-electron chi connectivity index (χ3n) is 3.33. The maximum Gasteiger partial charge on any atom is 0.263 e. The van der Waals surface area contributed by atoms with E-state index in [1.54, 1.807) is 18.5 Å². The molecule has 0 aliphatic rings. The zero-order valence-corrected chi connectivity index (χ0v) is 13.2. The van der Waals surface area contributed by atoms with Gasteiger partial charge in [-0.15, -0.1) is 11.3 Å². The third kappa shape index (κ3) is 2.82. The number of nitrogens with one attached hydrogen (secondary N) is 1. The average molecular weight is 335 g/mol. The highest BCUT2D eigenvalue weighted by molar-refractivity contribution is 7.21. The van der Waals surface area contributed by atoms with E-state index in [-0.39, 0.29) is 17.8 Å². The average Bonchev–Trinajstić information content (AvgIpc) is 2.84. The van der Waals surface area contributed by atoms with Crippen LogP contribution >= 0.6 is 22.9 Å². The maximum atomic E-state index is 13.3. The molecule has 6 heteroatoms. The number of rotatable bonds is 3. The molecule has 0 radical (unpaired) electrons. The van der Waals surface area contributed by atoms with Crippen LogP contribution in [-0.4, -0.2) is 10.9 Å². The molecule has 0 aliphatic carbocycles. The van der Waals surface area contributed by atoms with Gasteiger partial charge in [-0.05, 0) is 36.8 Å². The van der Waals surface area contributed by atoms with Crippen LogP contribution in [0.15, 0.2) is 42.7 Å². The molecule has 22 heavy (non-hydrogen) atoms. The van der Waals surface area contributed by atoms with Gasteiger partial charge in [0, 0.05) is 22.5 Å². The van der Waals surface area contributed by atoms with Crippen LogP contribution in [0, 0.1) is 5.82 Å². The van der Waals surface area contributed by atoms with Crippen molar-refractivity contribution in [2.45, 2.75) is 13.0 Å². The first-order valence-corrected chi connectivity index (χ1v) is 7.84. The van der Waals surface area contributed by atoms with Crippen LogP contribution in [0.5, 0.6) is 0 Å². The normalized spacial score (nSPS) is 12.3. The Balaban J connectivity index is 1.88. The molecular weight excluding hydrogens is 323 g/mol. The number of benzene rings is 1. The number of halogens is 2. The fourth-order valence-corrected chi connectivity index (χ4v) is 3.61. The lowest BCUT2D eigenvalue weighted by atomic mass is 10.1. The Labute approximate surface area is 135 Å². The fourth-order valence-electron chi connectivity index (χ4n) is 2.16. The van der Waals surface area contributed by atoms with Crippen molar-refractivity contribution in [3.8, 4) is 0 Å². The lowest BCUT2D eigenvalue weighted by Gasteiger charge is -2.13. The monoisotopic (exact) mass is 334 g/mol. The summed E-state index contributed by atoms with van der Waals surface area (Å²) in [5.41, 5.74) is 0.902. The topological polar surface area (TPSA) is 42.0 Å². The number of aromatic nitrogens is 1. The molecule has 0 bridgehead atoms. The van der Waals surface area contributed by atoms with Crippen molar-refractivity contribution >= 4 is 38.9 Å². The summed E-state index contributed by atoms with van der Waals surface area (Å²) in [6.45, 7) is 1.87. The molecule has 3 nitrogen and oxygen atoms in total. The first kappa shape index (κ1) is 14.9. The lowest BCUT2D eigenvalue weighted by molar-refractivity contribution is 0.0944. The predicted molar refractivity (Wildman–Crippen MR) is 86.9 cm³/mol. The van der Waals surface area contributed by atoms with Crippen molar-refractivity contribution in [1.82, 2.24) is 10.3 Å². The summed E-state index contributed by atoms with van der Waals surface area (Å²) in [4.78, 5) is 16.8. The van der Waals surface area contributed by atoms with E-state index >= 15 is 0 Å². The highest BCUT2D eigenvalue weighted by Gasteiger charge is 2.19. The van der Waals surface area contributed by atoms with E-state index in [9.17, 15) is 9.18 Å². The first-order chi connectivity index (χ1) is 10.6. The third-order valence-corrected chi connectivity index (χ3v) is 4.99. The summed E-state index contributed by atoms with van der Waals surface area (Å²) in [5.74, 6) is -0.621. The van der Waals surface area contributed by atoms with Gasteiger partial charge in [0.2, 0.25) is 0 Å². The van der Waals surface area contributed by atoms with Crippen molar-refractivity contribution in [1.29, 1.82) is 0 Å². The minimum Gasteiger partial charge on any atom is -0.345 e. The number of hydrogen-bond acceptors (Lipinski definition) is 3. The van der Waals surface area contributed by atoms with Crippen molar-refractivity contribution in [2.75, 3.05) is 0 Å². The van der Waals surface area contributed by atoms with Crippen molar-refractivity contribution in [2.24, 2.45) is 0 Å². The predicted octanol–water partition coefficient (Wildman–Crippen LogP) is 4.58. The van der Waals surface area contributed by atoms with Crippen molar-refractivity contribution in [3.63, 3.8) is 0 Å². The molecule has 112 valence electrons. The Kier molecular flexibility index (Phi) is 4.09. The number of nitrogens with zero attached hydrogens (tertiary/aromatic N) is 1. The van der Waals surface area contributed by atoms with Crippen LogP contribution in [0.1, 0.15) is 28.2 Å². The van der Waals surface area contributed by atoms with Gasteiger partial charge in [0.25, 0.3) is 5.91 Å². The molecule has 0 saturated carbocycles. The minimum absolute atomic E-state index is 0.195. The van der Waals surface area contributed by atoms with Crippen molar-refractivity contribution < 1.29 is 9.18 Å². The lowest BCUT2D eigenvalue weighted by Crippen LogP contribution is -2.26. The summed E-state index contributed by atoms with van der Waals surface area (Å²) >= 11 is 7.43. The summed E-state index contributed by atoms with van der Waals surface area (Å²) in [6, 6.07) is 7.81. The summed E-state index contributed by atoms with van der Waals surface area (Å²) in [6.07, 6.45) is 3.38. The number of thiophene rings is 1. The molecule has 3 aromatic rings. The van der Waals surface area contributed by atoms with Gasteiger partial charge in [0.15, 0.2) is 0 Å². The molecule has 1 amide bonds. The molecule has 2 heterocycles. The summed E-state index contributed by atoms with van der Waals surface area (Å²) in [7, 11) is 0. The Morgan fingerprint density at radius 2 is 2.23 bits per heavy atom. The van der Waals surface area contributed by atoms with Crippen LogP contribution in [0.25, 0.3) is 10.1 Å². The number of pyridine rings is 1. The highest BCUT2D eigenvalue weighted by Crippen LogP contribution is 2.35. The van der Waals surface area contributed by atoms with E-state index in [1.165, 1.54) is 23.5 Å². The Bertz CT molecular complexity index is 835. The Morgan fingerprint density at radius 3 is 2.95 bits per heavy atom. The molecule has 2 aromatic heterocycles. The second-order valence-electron chi connectivity index (χ2n) is 4.87. The van der Waals surface area contributed by atoms with Gasteiger partial charge in [0.1, 0.15) is 10.7 Å². The molecule has 1 atom stereocenters. The summed E-state index contributed by atoms with van der Waals surface area (Å²) in [5, 5.41) is 3.93. The molecule has 1 N–H and O–H groups in total. The zero-order chi connectivity index (χ0) is 15.7. The van der Waals surface area contributed by atoms with Gasteiger partial charge in [-0.25, -0.2) is 4.39 Å². The van der Waals surface area contributed by atoms with Crippen molar-refractivity contribution in [3.05, 3.63) is 64.0 Å². The molecule has 1 aromatic carbocycles. The van der Waals surface area contributed by atoms with Gasteiger partial charge in [0.05, 0.1) is 11.1 Å². The largest absolute Gasteiger partial charge is 0.345 e. The van der Waals surface area contributed by atoms with Crippen LogP contribution in [0.2, 0.25) is 5.02 Å². The van der Waals surface area contributed by atoms with Gasteiger partial charge >= 0.3 is 0 Å². The van der Waals surface area contributed by atoms with E-state index in [2.05, 4.69) is 10.3 Å². The van der Waals surface area contributed by atoms with Gasteiger partial charge in [-0.2, -0.15) is 0 Å². The molecule has 0 aliphatic heterocycles. The van der Waals surface area contributed by atoms with E-state index in [1.807, 2.05) is 19.1 Å². The Hall–Kier alpha value is -1.98. The van der Waals surface area contributed by atoms with Crippen LogP contribution in [-0.2, 0) is 0 Å².